The molecule has 0 atom stereocenters. The van der Waals surface area contributed by atoms with Gasteiger partial charge >= 0.3 is 0 Å². The molecule has 2 N–H and O–H groups in total. The standard InChI is InChI=1S/C28H23N5O4S/c1-36-21-9-7-19(30-25(35)17-3-2-4-18(13-17)28(15-29)11-12-28)14-22(21)37-23-10-8-20-26(32-23)38-27(31-20)33-24(34)16-5-6-16/h2-4,7-10,13-14,16H,5-6,11-12H2,1H3,(H,30,35)(H,31,33,34). The van der Waals surface area contributed by atoms with Crippen LogP contribution in [-0.2, 0) is 10.2 Å². The number of aromatic nitrogens is 2. The normalized spacial score (nSPS) is 15.4. The second-order valence-corrected chi connectivity index (χ2v) is 10.4. The van der Waals surface area contributed by atoms with Gasteiger partial charge in [-0.05, 0) is 61.6 Å². The van der Waals surface area contributed by atoms with Crippen LogP contribution in [0.4, 0.5) is 10.8 Å². The number of methoxy groups -OCH3 is 1. The van der Waals surface area contributed by atoms with E-state index in [1.165, 1.54) is 18.4 Å². The zero-order valence-corrected chi connectivity index (χ0v) is 21.3. The summed E-state index contributed by atoms with van der Waals surface area (Å²) < 4.78 is 11.5. The van der Waals surface area contributed by atoms with Crippen LogP contribution in [0.2, 0.25) is 0 Å². The Balaban J connectivity index is 1.20. The van der Waals surface area contributed by atoms with E-state index in [0.717, 1.165) is 31.2 Å². The van der Waals surface area contributed by atoms with Crippen molar-refractivity contribution in [2.45, 2.75) is 31.1 Å². The molecule has 9 nitrogen and oxygen atoms in total. The largest absolute Gasteiger partial charge is 0.493 e. The first kappa shape index (κ1) is 23.9. The fourth-order valence-electron chi connectivity index (χ4n) is 4.16. The Morgan fingerprint density at radius 2 is 1.89 bits per heavy atom. The lowest BCUT2D eigenvalue weighted by atomic mass is 9.96. The van der Waals surface area contributed by atoms with Crippen molar-refractivity contribution in [3.8, 4) is 23.4 Å². The SMILES string of the molecule is COc1ccc(NC(=O)c2cccc(C3(C#N)CC3)c2)cc1Oc1ccc2nc(NC(=O)C3CC3)sc2n1. The highest BCUT2D eigenvalue weighted by molar-refractivity contribution is 7.21. The molecule has 0 radical (unpaired) electrons. The van der Waals surface area contributed by atoms with Crippen molar-refractivity contribution >= 4 is 44.3 Å². The minimum atomic E-state index is -0.465. The Kier molecular flexibility index (Phi) is 5.93. The van der Waals surface area contributed by atoms with E-state index in [-0.39, 0.29) is 17.7 Å². The maximum Gasteiger partial charge on any atom is 0.255 e. The summed E-state index contributed by atoms with van der Waals surface area (Å²) in [6.45, 7) is 0. The monoisotopic (exact) mass is 525 g/mol. The zero-order valence-electron chi connectivity index (χ0n) is 20.5. The molecule has 2 aliphatic carbocycles. The molecule has 0 spiro atoms. The van der Waals surface area contributed by atoms with Crippen molar-refractivity contribution in [1.29, 1.82) is 5.26 Å². The number of rotatable bonds is 8. The van der Waals surface area contributed by atoms with Gasteiger partial charge in [0, 0.05) is 29.3 Å². The number of fused-ring (bicyclic) bond motifs is 1. The lowest BCUT2D eigenvalue weighted by Crippen LogP contribution is -2.13. The average Bonchev–Trinajstić information content (AvgIpc) is 3.86. The Labute approximate surface area is 222 Å². The molecule has 38 heavy (non-hydrogen) atoms. The lowest BCUT2D eigenvalue weighted by Gasteiger charge is -2.13. The average molecular weight is 526 g/mol. The number of amides is 2. The molecule has 2 aromatic carbocycles. The number of carbonyl (C=O) groups is 2. The maximum atomic E-state index is 13.0. The molecular formula is C28H23N5O4S. The van der Waals surface area contributed by atoms with Crippen LogP contribution in [0.1, 0.15) is 41.6 Å². The third-order valence-corrected chi connectivity index (χ3v) is 7.57. The number of nitriles is 1. The Bertz CT molecular complexity index is 1620. The number of anilines is 2. The van der Waals surface area contributed by atoms with Gasteiger partial charge < -0.3 is 20.1 Å². The number of nitrogens with one attached hydrogen (secondary N) is 2. The summed E-state index contributed by atoms with van der Waals surface area (Å²) in [7, 11) is 1.53. The van der Waals surface area contributed by atoms with Crippen molar-refractivity contribution in [3.05, 3.63) is 65.7 Å². The second-order valence-electron chi connectivity index (χ2n) is 9.45. The maximum absolute atomic E-state index is 13.0. The molecule has 2 aliphatic rings. The minimum Gasteiger partial charge on any atom is -0.493 e. The van der Waals surface area contributed by atoms with Crippen molar-refractivity contribution < 1.29 is 19.1 Å². The number of hydrogen-bond donors (Lipinski definition) is 2. The predicted octanol–water partition coefficient (Wildman–Crippen LogP) is 5.65. The van der Waals surface area contributed by atoms with Gasteiger partial charge in [0.1, 0.15) is 10.3 Å². The quantitative estimate of drug-likeness (QED) is 0.304. The smallest absolute Gasteiger partial charge is 0.255 e. The van der Waals surface area contributed by atoms with E-state index in [9.17, 15) is 14.9 Å². The van der Waals surface area contributed by atoms with E-state index in [1.54, 1.807) is 48.5 Å². The molecule has 190 valence electrons. The molecule has 0 saturated heterocycles. The summed E-state index contributed by atoms with van der Waals surface area (Å²) in [5.74, 6) is 0.958. The minimum absolute atomic E-state index is 0.00652. The Morgan fingerprint density at radius 3 is 2.63 bits per heavy atom. The van der Waals surface area contributed by atoms with Gasteiger partial charge in [-0.1, -0.05) is 23.5 Å². The molecule has 4 aromatic rings. The molecule has 2 heterocycles. The Morgan fingerprint density at radius 1 is 1.05 bits per heavy atom. The fraction of sp³-hybridized carbons (Fsp3) is 0.250. The molecular weight excluding hydrogens is 502 g/mol. The number of carbonyl (C=O) groups excluding carboxylic acids is 2. The van der Waals surface area contributed by atoms with Crippen LogP contribution < -0.4 is 20.1 Å². The van der Waals surface area contributed by atoms with Crippen molar-refractivity contribution in [2.75, 3.05) is 17.7 Å². The van der Waals surface area contributed by atoms with E-state index in [4.69, 9.17) is 9.47 Å². The molecule has 2 amide bonds. The molecule has 10 heteroatoms. The summed E-state index contributed by atoms with van der Waals surface area (Å²) in [5.41, 5.74) is 2.05. The zero-order chi connectivity index (χ0) is 26.3. The highest BCUT2D eigenvalue weighted by Gasteiger charge is 2.45. The van der Waals surface area contributed by atoms with Crippen molar-refractivity contribution in [1.82, 2.24) is 9.97 Å². The van der Waals surface area contributed by atoms with Crippen LogP contribution >= 0.6 is 11.3 Å². The molecule has 0 bridgehead atoms. The van der Waals surface area contributed by atoms with Crippen LogP contribution in [-0.4, -0.2) is 28.9 Å². The second kappa shape index (κ2) is 9.43. The van der Waals surface area contributed by atoms with Gasteiger partial charge in [0.05, 0.1) is 18.6 Å². The highest BCUT2D eigenvalue weighted by atomic mass is 32.1. The number of benzene rings is 2. The van der Waals surface area contributed by atoms with Crippen molar-refractivity contribution in [2.24, 2.45) is 5.92 Å². The number of nitrogens with zero attached hydrogens (tertiary/aromatic N) is 3. The topological polar surface area (TPSA) is 126 Å². The van der Waals surface area contributed by atoms with Gasteiger partial charge in [-0.25, -0.2) is 9.97 Å². The van der Waals surface area contributed by atoms with Crippen LogP contribution in [0.25, 0.3) is 10.3 Å². The number of hydrogen-bond acceptors (Lipinski definition) is 8. The van der Waals surface area contributed by atoms with Crippen molar-refractivity contribution in [3.63, 3.8) is 0 Å². The Hall–Kier alpha value is -4.49. The summed E-state index contributed by atoms with van der Waals surface area (Å²) in [6.07, 6.45) is 3.46. The third kappa shape index (κ3) is 4.76. The van der Waals surface area contributed by atoms with Gasteiger partial charge in [0.25, 0.3) is 5.91 Å². The lowest BCUT2D eigenvalue weighted by molar-refractivity contribution is -0.117. The molecule has 2 aromatic heterocycles. The number of pyridine rings is 1. The summed E-state index contributed by atoms with van der Waals surface area (Å²) >= 11 is 1.28. The van der Waals surface area contributed by atoms with Crippen LogP contribution in [0.15, 0.2) is 54.6 Å². The van der Waals surface area contributed by atoms with E-state index in [1.807, 2.05) is 6.07 Å². The molecule has 6 rings (SSSR count). The van der Waals surface area contributed by atoms with Gasteiger partial charge in [0.15, 0.2) is 16.6 Å². The van der Waals surface area contributed by atoms with E-state index in [0.29, 0.717) is 44.1 Å². The highest BCUT2D eigenvalue weighted by Crippen LogP contribution is 2.47. The first-order chi connectivity index (χ1) is 18.5. The van der Waals surface area contributed by atoms with E-state index in [2.05, 4.69) is 26.7 Å². The fourth-order valence-corrected chi connectivity index (χ4v) is 4.99. The van der Waals surface area contributed by atoms with Gasteiger partial charge in [-0.2, -0.15) is 5.26 Å². The third-order valence-electron chi connectivity index (χ3n) is 6.69. The first-order valence-electron chi connectivity index (χ1n) is 12.2. The van der Waals surface area contributed by atoms with E-state index < -0.39 is 5.41 Å². The van der Waals surface area contributed by atoms with Gasteiger partial charge in [0.2, 0.25) is 11.8 Å². The summed E-state index contributed by atoms with van der Waals surface area (Å²) in [6, 6.07) is 18.1. The van der Waals surface area contributed by atoms with E-state index >= 15 is 0 Å². The molecule has 2 fully saturated rings. The number of ether oxygens (including phenoxy) is 2. The molecule has 2 saturated carbocycles. The molecule has 0 aliphatic heterocycles. The predicted molar refractivity (Wildman–Crippen MR) is 143 cm³/mol. The molecule has 0 unspecified atom stereocenters. The summed E-state index contributed by atoms with van der Waals surface area (Å²) in [4.78, 5) is 34.6. The summed E-state index contributed by atoms with van der Waals surface area (Å²) in [5, 5.41) is 15.7. The van der Waals surface area contributed by atoms with Crippen LogP contribution in [0.3, 0.4) is 0 Å². The van der Waals surface area contributed by atoms with Crippen LogP contribution in [0, 0.1) is 17.2 Å². The first-order valence-corrected chi connectivity index (χ1v) is 13.1. The van der Waals surface area contributed by atoms with Gasteiger partial charge in [-0.3, -0.25) is 9.59 Å². The number of thiazole rings is 1. The van der Waals surface area contributed by atoms with Crippen LogP contribution in [0.5, 0.6) is 17.4 Å². The van der Waals surface area contributed by atoms with Gasteiger partial charge in [-0.15, -0.1) is 0 Å².